The highest BCUT2D eigenvalue weighted by molar-refractivity contribution is 7.92. The average molecular weight is 504 g/mol. The molecule has 0 aliphatic carbocycles. The zero-order valence-corrected chi connectivity index (χ0v) is 22.3. The van der Waals surface area contributed by atoms with E-state index in [9.17, 15) is 18.0 Å². The molecule has 2 aromatic carbocycles. The molecule has 0 saturated heterocycles. The van der Waals surface area contributed by atoms with Gasteiger partial charge in [-0.25, -0.2) is 8.42 Å². The van der Waals surface area contributed by atoms with Gasteiger partial charge in [0.05, 0.1) is 19.1 Å². The number of hydrogen-bond acceptors (Lipinski definition) is 5. The highest BCUT2D eigenvalue weighted by atomic mass is 32.2. The van der Waals surface area contributed by atoms with Crippen LogP contribution in [0.4, 0.5) is 5.69 Å². The highest BCUT2D eigenvalue weighted by Gasteiger charge is 2.31. The molecule has 1 N–H and O–H groups in total. The van der Waals surface area contributed by atoms with Gasteiger partial charge in [0.25, 0.3) is 0 Å². The van der Waals surface area contributed by atoms with Crippen molar-refractivity contribution in [2.75, 3.05) is 30.8 Å². The van der Waals surface area contributed by atoms with E-state index in [1.807, 2.05) is 52.0 Å². The molecule has 0 heterocycles. The van der Waals surface area contributed by atoms with Crippen molar-refractivity contribution in [1.29, 1.82) is 0 Å². The minimum absolute atomic E-state index is 0.187. The molecule has 0 saturated carbocycles. The lowest BCUT2D eigenvalue weighted by molar-refractivity contribution is -0.140. The number of sulfonamides is 1. The van der Waals surface area contributed by atoms with Crippen molar-refractivity contribution in [3.63, 3.8) is 0 Å². The van der Waals surface area contributed by atoms with Gasteiger partial charge in [-0.1, -0.05) is 50.6 Å². The molecule has 0 aliphatic heterocycles. The number of ether oxygens (including phenoxy) is 1. The molecule has 2 rings (SSSR count). The molecule has 2 amide bonds. The predicted octanol–water partition coefficient (Wildman–Crippen LogP) is 3.35. The summed E-state index contributed by atoms with van der Waals surface area (Å²) >= 11 is 0. The van der Waals surface area contributed by atoms with Gasteiger partial charge in [-0.15, -0.1) is 0 Å². The van der Waals surface area contributed by atoms with E-state index in [1.165, 1.54) is 12.0 Å². The summed E-state index contributed by atoms with van der Waals surface area (Å²) < 4.78 is 31.5. The molecule has 0 spiro atoms. The first-order valence-electron chi connectivity index (χ1n) is 11.7. The molecular formula is C26H37N3O5S. The van der Waals surface area contributed by atoms with Crippen LogP contribution in [0.3, 0.4) is 0 Å². The van der Waals surface area contributed by atoms with Crippen LogP contribution < -0.4 is 14.4 Å². The molecule has 0 aliphatic rings. The van der Waals surface area contributed by atoms with Crippen LogP contribution in [0.25, 0.3) is 0 Å². The molecule has 0 unspecified atom stereocenters. The third-order valence-electron chi connectivity index (χ3n) is 5.58. The maximum atomic E-state index is 13.6. The van der Waals surface area contributed by atoms with Crippen molar-refractivity contribution in [3.8, 4) is 5.75 Å². The number of carbonyl (C=O) groups excluding carboxylic acids is 2. The van der Waals surface area contributed by atoms with Crippen LogP contribution in [0.5, 0.6) is 5.75 Å². The summed E-state index contributed by atoms with van der Waals surface area (Å²) in [6.45, 7) is 8.05. The van der Waals surface area contributed by atoms with Gasteiger partial charge in [-0.3, -0.25) is 13.9 Å². The molecule has 2 aromatic rings. The lowest BCUT2D eigenvalue weighted by atomic mass is 10.1. The molecule has 0 bridgehead atoms. The molecule has 0 radical (unpaired) electrons. The smallest absolute Gasteiger partial charge is 0.244 e. The van der Waals surface area contributed by atoms with Gasteiger partial charge in [0, 0.05) is 13.1 Å². The first-order chi connectivity index (χ1) is 16.5. The second-order valence-corrected chi connectivity index (χ2v) is 10.9. The van der Waals surface area contributed by atoms with E-state index in [4.69, 9.17) is 4.74 Å². The number of methoxy groups -OCH3 is 1. The van der Waals surface area contributed by atoms with Gasteiger partial charge in [0.1, 0.15) is 18.3 Å². The van der Waals surface area contributed by atoms with Crippen molar-refractivity contribution >= 4 is 27.5 Å². The van der Waals surface area contributed by atoms with E-state index in [0.29, 0.717) is 24.4 Å². The number of carbonyl (C=O) groups is 2. The maximum absolute atomic E-state index is 13.6. The molecule has 8 nitrogen and oxygen atoms in total. The van der Waals surface area contributed by atoms with Gasteiger partial charge in [-0.05, 0) is 49.1 Å². The third kappa shape index (κ3) is 8.28. The summed E-state index contributed by atoms with van der Waals surface area (Å²) in [4.78, 5) is 28.1. The van der Waals surface area contributed by atoms with Crippen molar-refractivity contribution in [2.24, 2.45) is 5.92 Å². The Morgan fingerprint density at radius 3 is 2.11 bits per heavy atom. The minimum atomic E-state index is -3.77. The number of rotatable bonds is 12. The van der Waals surface area contributed by atoms with Crippen molar-refractivity contribution in [2.45, 2.75) is 46.7 Å². The van der Waals surface area contributed by atoms with Gasteiger partial charge in [0.15, 0.2) is 0 Å². The Labute approximate surface area is 209 Å². The number of hydrogen-bond donors (Lipinski definition) is 1. The number of aryl methyl sites for hydroxylation is 1. The average Bonchev–Trinajstić information content (AvgIpc) is 2.81. The fourth-order valence-corrected chi connectivity index (χ4v) is 4.44. The molecule has 9 heteroatoms. The Hall–Kier alpha value is -3.07. The maximum Gasteiger partial charge on any atom is 0.244 e. The quantitative estimate of drug-likeness (QED) is 0.479. The van der Waals surface area contributed by atoms with Gasteiger partial charge in [0.2, 0.25) is 21.8 Å². The fraction of sp³-hybridized carbons (Fsp3) is 0.462. The monoisotopic (exact) mass is 503 g/mol. The zero-order chi connectivity index (χ0) is 26.2. The zero-order valence-electron chi connectivity index (χ0n) is 21.4. The van der Waals surface area contributed by atoms with E-state index in [2.05, 4.69) is 5.32 Å². The Morgan fingerprint density at radius 1 is 1.03 bits per heavy atom. The van der Waals surface area contributed by atoms with Gasteiger partial charge in [-0.2, -0.15) is 0 Å². The summed E-state index contributed by atoms with van der Waals surface area (Å²) in [7, 11) is -2.26. The summed E-state index contributed by atoms with van der Waals surface area (Å²) in [5.41, 5.74) is 2.28. The molecule has 1 atom stereocenters. The van der Waals surface area contributed by atoms with Crippen molar-refractivity contribution < 1.29 is 22.7 Å². The van der Waals surface area contributed by atoms with Gasteiger partial charge >= 0.3 is 0 Å². The van der Waals surface area contributed by atoms with Gasteiger partial charge < -0.3 is 15.0 Å². The topological polar surface area (TPSA) is 96.0 Å². The SMILES string of the molecule is CC[C@@H](C(=O)NCC(C)C)N(Cc1ccc(C)cc1)C(=O)CN(c1ccc(OC)cc1)S(C)(=O)=O. The predicted molar refractivity (Wildman–Crippen MR) is 139 cm³/mol. The first-order valence-corrected chi connectivity index (χ1v) is 13.6. The second-order valence-electron chi connectivity index (χ2n) is 9.04. The summed E-state index contributed by atoms with van der Waals surface area (Å²) in [5, 5.41) is 2.91. The minimum Gasteiger partial charge on any atom is -0.497 e. The summed E-state index contributed by atoms with van der Waals surface area (Å²) in [6, 6.07) is 13.4. The second kappa shape index (κ2) is 12.6. The Bertz CT molecular complexity index is 1080. The van der Waals surface area contributed by atoms with E-state index in [1.54, 1.807) is 24.3 Å². The Balaban J connectivity index is 2.40. The molecule has 35 heavy (non-hydrogen) atoms. The molecule has 192 valence electrons. The van der Waals surface area contributed by atoms with E-state index < -0.39 is 28.5 Å². The van der Waals surface area contributed by atoms with Crippen LogP contribution in [0.2, 0.25) is 0 Å². The fourth-order valence-electron chi connectivity index (χ4n) is 3.59. The first kappa shape index (κ1) is 28.2. The number of amides is 2. The standard InChI is InChI=1S/C26H37N3O5S/c1-7-24(26(31)27-16-19(2)3)28(17-21-10-8-20(4)9-11-21)25(30)18-29(35(6,32)33)22-12-14-23(34-5)15-13-22/h8-15,19,24H,7,16-18H2,1-6H3,(H,27,31)/t24-/m0/s1. The Morgan fingerprint density at radius 2 is 1.63 bits per heavy atom. The molecule has 0 aromatic heterocycles. The number of nitrogens with one attached hydrogen (secondary N) is 1. The van der Waals surface area contributed by atoms with Crippen molar-refractivity contribution in [3.05, 3.63) is 59.7 Å². The normalized spacial score (nSPS) is 12.2. The summed E-state index contributed by atoms with van der Waals surface area (Å²) in [6.07, 6.45) is 1.45. The lowest BCUT2D eigenvalue weighted by Crippen LogP contribution is -2.52. The summed E-state index contributed by atoms with van der Waals surface area (Å²) in [5.74, 6) is 0.117. The van der Waals surface area contributed by atoms with Crippen LogP contribution in [-0.2, 0) is 26.2 Å². The number of benzene rings is 2. The van der Waals surface area contributed by atoms with Crippen molar-refractivity contribution in [1.82, 2.24) is 10.2 Å². The van der Waals surface area contributed by atoms with Crippen LogP contribution in [0, 0.1) is 12.8 Å². The van der Waals surface area contributed by atoms with E-state index in [-0.39, 0.29) is 18.4 Å². The third-order valence-corrected chi connectivity index (χ3v) is 6.72. The lowest BCUT2D eigenvalue weighted by Gasteiger charge is -2.33. The largest absolute Gasteiger partial charge is 0.497 e. The number of anilines is 1. The van der Waals surface area contributed by atoms with Crippen LogP contribution in [0.1, 0.15) is 38.3 Å². The number of nitrogens with zero attached hydrogens (tertiary/aromatic N) is 2. The molecule has 0 fully saturated rings. The molecular weight excluding hydrogens is 466 g/mol. The van der Waals surface area contributed by atoms with E-state index in [0.717, 1.165) is 21.7 Å². The van der Waals surface area contributed by atoms with Crippen LogP contribution in [0.15, 0.2) is 48.5 Å². The van der Waals surface area contributed by atoms with Crippen LogP contribution >= 0.6 is 0 Å². The highest BCUT2D eigenvalue weighted by Crippen LogP contribution is 2.22. The van der Waals surface area contributed by atoms with Crippen LogP contribution in [-0.4, -0.2) is 57.6 Å². The Kier molecular flexibility index (Phi) is 10.1. The van der Waals surface area contributed by atoms with E-state index >= 15 is 0 Å².